The number of carbonyl (C=O) groups excluding carboxylic acids is 1. The smallest absolute Gasteiger partial charge is 0.307 e. The monoisotopic (exact) mass is 286 g/mol. The summed E-state index contributed by atoms with van der Waals surface area (Å²) in [6.07, 6.45) is 4.68. The number of aromatic nitrogens is 1. The number of hydrogen-bond donors (Lipinski definition) is 2. The molecule has 0 aliphatic heterocycles. The fourth-order valence-electron chi connectivity index (χ4n) is 3.55. The largest absolute Gasteiger partial charge is 0.481 e. The zero-order valence-electron chi connectivity index (χ0n) is 12.0. The predicted molar refractivity (Wildman–Crippen MR) is 77.7 cm³/mol. The molecule has 0 saturated heterocycles. The topological polar surface area (TPSA) is 79.3 Å². The van der Waals surface area contributed by atoms with Gasteiger partial charge in [-0.3, -0.25) is 14.6 Å². The van der Waals surface area contributed by atoms with Crippen molar-refractivity contribution < 1.29 is 14.7 Å². The van der Waals surface area contributed by atoms with Gasteiger partial charge in [0.1, 0.15) is 0 Å². The zero-order valence-corrected chi connectivity index (χ0v) is 12.0. The Kier molecular flexibility index (Phi) is 3.27. The molecule has 0 radical (unpaired) electrons. The maximum absolute atomic E-state index is 12.5. The van der Waals surface area contributed by atoms with E-state index in [0.29, 0.717) is 5.69 Å². The van der Waals surface area contributed by atoms with Crippen LogP contribution in [-0.4, -0.2) is 22.0 Å². The van der Waals surface area contributed by atoms with Gasteiger partial charge in [-0.1, -0.05) is 12.2 Å². The van der Waals surface area contributed by atoms with E-state index in [1.165, 1.54) is 0 Å². The van der Waals surface area contributed by atoms with Crippen LogP contribution in [-0.2, 0) is 9.59 Å². The van der Waals surface area contributed by atoms with Crippen LogP contribution >= 0.6 is 0 Å². The highest BCUT2D eigenvalue weighted by atomic mass is 16.4. The number of anilines is 1. The third-order valence-electron chi connectivity index (χ3n) is 4.53. The van der Waals surface area contributed by atoms with Crippen molar-refractivity contribution in [2.24, 2.45) is 23.7 Å². The summed E-state index contributed by atoms with van der Waals surface area (Å²) in [5, 5.41) is 12.2. The van der Waals surface area contributed by atoms with Gasteiger partial charge in [-0.05, 0) is 44.2 Å². The average molecular weight is 286 g/mol. The summed E-state index contributed by atoms with van der Waals surface area (Å²) in [5.74, 6) is -2.18. The molecule has 1 heterocycles. The molecule has 1 saturated carbocycles. The molecular weight excluding hydrogens is 268 g/mol. The van der Waals surface area contributed by atoms with Crippen LogP contribution in [0.5, 0.6) is 0 Å². The minimum atomic E-state index is -0.884. The quantitative estimate of drug-likeness (QED) is 0.834. The number of carboxylic acids is 1. The molecule has 1 amide bonds. The summed E-state index contributed by atoms with van der Waals surface area (Å²) < 4.78 is 0. The van der Waals surface area contributed by atoms with E-state index in [4.69, 9.17) is 0 Å². The highest BCUT2D eigenvalue weighted by Crippen LogP contribution is 2.48. The summed E-state index contributed by atoms with van der Waals surface area (Å²) in [5.41, 5.74) is 2.28. The maximum Gasteiger partial charge on any atom is 0.307 e. The number of nitrogens with zero attached hydrogens (tertiary/aromatic N) is 1. The minimum Gasteiger partial charge on any atom is -0.481 e. The van der Waals surface area contributed by atoms with Gasteiger partial charge in [0.2, 0.25) is 5.91 Å². The van der Waals surface area contributed by atoms with Gasteiger partial charge in [-0.15, -0.1) is 0 Å². The molecule has 4 atom stereocenters. The SMILES string of the molecule is Cc1ccc(NC(=O)[C@H]2C3C=CC(C3)[C@H]2C(=O)O)c(C)n1. The molecule has 2 aliphatic rings. The molecule has 1 aromatic rings. The van der Waals surface area contributed by atoms with Gasteiger partial charge in [0.15, 0.2) is 0 Å². The van der Waals surface area contributed by atoms with Crippen LogP contribution in [0.25, 0.3) is 0 Å². The first-order valence-corrected chi connectivity index (χ1v) is 7.13. The number of aliphatic carboxylic acids is 1. The molecule has 2 N–H and O–H groups in total. The number of fused-ring (bicyclic) bond motifs is 2. The number of nitrogens with one attached hydrogen (secondary N) is 1. The van der Waals surface area contributed by atoms with Crippen molar-refractivity contribution in [3.05, 3.63) is 35.7 Å². The van der Waals surface area contributed by atoms with Crippen LogP contribution in [0.4, 0.5) is 5.69 Å². The first kappa shape index (κ1) is 13.8. The zero-order chi connectivity index (χ0) is 15.1. The second-order valence-electron chi connectivity index (χ2n) is 5.91. The molecule has 0 aromatic carbocycles. The lowest BCUT2D eigenvalue weighted by molar-refractivity contribution is -0.146. The van der Waals surface area contributed by atoms with E-state index in [0.717, 1.165) is 17.8 Å². The molecule has 2 aliphatic carbocycles. The molecule has 5 nitrogen and oxygen atoms in total. The van der Waals surface area contributed by atoms with Crippen LogP contribution in [0.1, 0.15) is 17.8 Å². The van der Waals surface area contributed by atoms with Crippen LogP contribution in [0.2, 0.25) is 0 Å². The number of aryl methyl sites for hydroxylation is 2. The first-order chi connectivity index (χ1) is 9.97. The summed E-state index contributed by atoms with van der Waals surface area (Å²) in [7, 11) is 0. The molecule has 2 bridgehead atoms. The molecular formula is C16H18N2O3. The van der Waals surface area contributed by atoms with Crippen molar-refractivity contribution in [1.82, 2.24) is 4.98 Å². The number of rotatable bonds is 3. The van der Waals surface area contributed by atoms with E-state index in [-0.39, 0.29) is 17.7 Å². The van der Waals surface area contributed by atoms with Crippen molar-refractivity contribution in [2.45, 2.75) is 20.3 Å². The number of carboxylic acid groups (broad SMARTS) is 1. The summed E-state index contributed by atoms with van der Waals surface area (Å²) in [4.78, 5) is 28.3. The molecule has 5 heteroatoms. The predicted octanol–water partition coefficient (Wildman–Crippen LogP) is 2.16. The Labute approximate surface area is 123 Å². The third kappa shape index (κ3) is 2.33. The molecule has 110 valence electrons. The normalized spacial score (nSPS) is 29.6. The molecule has 0 spiro atoms. The fraction of sp³-hybridized carbons (Fsp3) is 0.438. The Morgan fingerprint density at radius 1 is 1.19 bits per heavy atom. The van der Waals surface area contributed by atoms with Gasteiger partial charge in [0, 0.05) is 5.69 Å². The maximum atomic E-state index is 12.5. The standard InChI is InChI=1S/C16H18N2O3/c1-8-3-6-12(9(2)17-8)18-15(19)13-10-4-5-11(7-10)14(13)16(20)21/h3-6,10-11,13-14H,7H2,1-2H3,(H,18,19)(H,20,21)/t10?,11?,13-,14+/m0/s1. The van der Waals surface area contributed by atoms with Crippen molar-refractivity contribution in [1.29, 1.82) is 0 Å². The lowest BCUT2D eigenvalue weighted by Gasteiger charge is -2.24. The van der Waals surface area contributed by atoms with Gasteiger partial charge in [0.05, 0.1) is 23.2 Å². The number of amides is 1. The van der Waals surface area contributed by atoms with Crippen LogP contribution in [0.3, 0.4) is 0 Å². The second kappa shape index (κ2) is 4.98. The van der Waals surface area contributed by atoms with E-state index in [2.05, 4.69) is 10.3 Å². The Morgan fingerprint density at radius 3 is 2.48 bits per heavy atom. The van der Waals surface area contributed by atoms with Gasteiger partial charge in [0.25, 0.3) is 0 Å². The third-order valence-corrected chi connectivity index (χ3v) is 4.53. The van der Waals surface area contributed by atoms with Crippen LogP contribution < -0.4 is 5.32 Å². The van der Waals surface area contributed by atoms with Gasteiger partial charge in [-0.2, -0.15) is 0 Å². The average Bonchev–Trinajstić information content (AvgIpc) is 3.02. The Bertz CT molecular complexity index is 638. The fourth-order valence-corrected chi connectivity index (χ4v) is 3.55. The number of allylic oxidation sites excluding steroid dienone is 2. The minimum absolute atomic E-state index is 0.0134. The van der Waals surface area contributed by atoms with E-state index in [1.54, 1.807) is 0 Å². The Morgan fingerprint density at radius 2 is 1.86 bits per heavy atom. The van der Waals surface area contributed by atoms with Crippen LogP contribution in [0.15, 0.2) is 24.3 Å². The lowest BCUT2D eigenvalue weighted by Crippen LogP contribution is -2.36. The van der Waals surface area contributed by atoms with Crippen molar-refractivity contribution in [3.63, 3.8) is 0 Å². The molecule has 2 unspecified atom stereocenters. The van der Waals surface area contributed by atoms with Crippen LogP contribution in [0, 0.1) is 37.5 Å². The molecule has 21 heavy (non-hydrogen) atoms. The summed E-state index contributed by atoms with van der Waals surface area (Å²) in [6.45, 7) is 3.72. The lowest BCUT2D eigenvalue weighted by atomic mass is 9.82. The number of hydrogen-bond acceptors (Lipinski definition) is 3. The van der Waals surface area contributed by atoms with E-state index in [9.17, 15) is 14.7 Å². The Balaban J connectivity index is 1.82. The van der Waals surface area contributed by atoms with Crippen molar-refractivity contribution >= 4 is 17.6 Å². The van der Waals surface area contributed by atoms with Gasteiger partial charge in [-0.25, -0.2) is 0 Å². The van der Waals surface area contributed by atoms with Gasteiger partial charge >= 0.3 is 5.97 Å². The van der Waals surface area contributed by atoms with Gasteiger partial charge < -0.3 is 10.4 Å². The second-order valence-corrected chi connectivity index (χ2v) is 5.91. The Hall–Kier alpha value is -2.17. The summed E-state index contributed by atoms with van der Waals surface area (Å²) in [6, 6.07) is 3.65. The molecule has 1 aromatic heterocycles. The molecule has 1 fully saturated rings. The first-order valence-electron chi connectivity index (χ1n) is 7.13. The highest BCUT2D eigenvalue weighted by Gasteiger charge is 2.51. The number of carbonyl (C=O) groups is 2. The highest BCUT2D eigenvalue weighted by molar-refractivity contribution is 5.96. The van der Waals surface area contributed by atoms with Crippen molar-refractivity contribution in [3.8, 4) is 0 Å². The van der Waals surface area contributed by atoms with E-state index < -0.39 is 17.8 Å². The van der Waals surface area contributed by atoms with E-state index in [1.807, 2.05) is 38.1 Å². The van der Waals surface area contributed by atoms with Crippen molar-refractivity contribution in [2.75, 3.05) is 5.32 Å². The van der Waals surface area contributed by atoms with E-state index >= 15 is 0 Å². The summed E-state index contributed by atoms with van der Waals surface area (Å²) >= 11 is 0. The number of pyridine rings is 1. The molecule has 3 rings (SSSR count).